The highest BCUT2D eigenvalue weighted by atomic mass is 16.6. The molecule has 1 N–H and O–H groups in total. The van der Waals surface area contributed by atoms with E-state index in [0.29, 0.717) is 24.3 Å². The summed E-state index contributed by atoms with van der Waals surface area (Å²) >= 11 is 0. The Bertz CT molecular complexity index is 791. The van der Waals surface area contributed by atoms with Gasteiger partial charge in [0, 0.05) is 0 Å². The predicted octanol–water partition coefficient (Wildman–Crippen LogP) is 3.38. The van der Waals surface area contributed by atoms with Gasteiger partial charge in [-0.25, -0.2) is 4.79 Å². The molecule has 0 aliphatic heterocycles. The molecule has 0 bridgehead atoms. The third-order valence-electron chi connectivity index (χ3n) is 4.85. The van der Waals surface area contributed by atoms with Crippen LogP contribution in [-0.2, 0) is 14.3 Å². The van der Waals surface area contributed by atoms with Gasteiger partial charge >= 0.3 is 5.97 Å². The molecule has 0 spiro atoms. The smallest absolute Gasteiger partial charge is 0.344 e. The summed E-state index contributed by atoms with van der Waals surface area (Å²) in [6, 6.07) is 7.55. The van der Waals surface area contributed by atoms with Crippen molar-refractivity contribution in [1.82, 2.24) is 5.32 Å². The lowest BCUT2D eigenvalue weighted by atomic mass is 9.83. The van der Waals surface area contributed by atoms with E-state index in [4.69, 9.17) is 14.2 Å². The number of nitrogens with zero attached hydrogens (tertiary/aromatic N) is 1. The third-order valence-corrected chi connectivity index (χ3v) is 4.85. The van der Waals surface area contributed by atoms with Gasteiger partial charge in [-0.1, -0.05) is 37.5 Å². The van der Waals surface area contributed by atoms with Crippen molar-refractivity contribution in [3.63, 3.8) is 0 Å². The van der Waals surface area contributed by atoms with Crippen LogP contribution in [0.15, 0.2) is 24.3 Å². The zero-order valence-electron chi connectivity index (χ0n) is 17.2. The van der Waals surface area contributed by atoms with Crippen molar-refractivity contribution in [3.05, 3.63) is 29.8 Å². The van der Waals surface area contributed by atoms with Gasteiger partial charge in [0.05, 0.1) is 13.2 Å². The lowest BCUT2D eigenvalue weighted by Gasteiger charge is -2.32. The molecule has 0 radical (unpaired) electrons. The first-order chi connectivity index (χ1) is 13.9. The van der Waals surface area contributed by atoms with Gasteiger partial charge in [-0.15, -0.1) is 0 Å². The molecule has 0 saturated heterocycles. The van der Waals surface area contributed by atoms with E-state index in [-0.39, 0.29) is 6.61 Å². The molecule has 1 aromatic rings. The summed E-state index contributed by atoms with van der Waals surface area (Å²) in [6.07, 6.45) is 6.88. The summed E-state index contributed by atoms with van der Waals surface area (Å²) in [4.78, 5) is 24.5. The number of amides is 1. The van der Waals surface area contributed by atoms with E-state index >= 15 is 0 Å². The van der Waals surface area contributed by atoms with Crippen LogP contribution in [0.5, 0.6) is 11.5 Å². The van der Waals surface area contributed by atoms with E-state index < -0.39 is 23.5 Å². The standard InChI is InChI=1S/C22H28N2O5/c1-4-8-17-9-10-18(19(13-17)27-3)28-14-20(25)29-16(2)21(26)24-22(15-23)11-6-5-7-12-22/h4,8-10,13,16H,5-7,11-12,14H2,1-3H3,(H,24,26)/b8-4+/t16-/m0/s1. The first-order valence-corrected chi connectivity index (χ1v) is 9.79. The molecule has 0 aromatic heterocycles. The Hall–Kier alpha value is -3.01. The number of carbonyl (C=O) groups is 2. The van der Waals surface area contributed by atoms with E-state index in [0.717, 1.165) is 24.8 Å². The largest absolute Gasteiger partial charge is 0.493 e. The highest BCUT2D eigenvalue weighted by molar-refractivity contribution is 5.84. The number of nitriles is 1. The minimum Gasteiger partial charge on any atom is -0.493 e. The van der Waals surface area contributed by atoms with Gasteiger partial charge in [0.15, 0.2) is 24.2 Å². The average Bonchev–Trinajstić information content (AvgIpc) is 2.73. The molecule has 156 valence electrons. The number of ether oxygens (including phenoxy) is 3. The summed E-state index contributed by atoms with van der Waals surface area (Å²) in [5.41, 5.74) is 0.0767. The second-order valence-corrected chi connectivity index (χ2v) is 7.07. The molecule has 7 heteroatoms. The molecule has 1 aliphatic rings. The average molecular weight is 400 g/mol. The number of hydrogen-bond acceptors (Lipinski definition) is 6. The van der Waals surface area contributed by atoms with Crippen molar-refractivity contribution in [2.24, 2.45) is 0 Å². The van der Waals surface area contributed by atoms with Crippen LogP contribution in [0, 0.1) is 11.3 Å². The quantitative estimate of drug-likeness (QED) is 0.672. The molecule has 1 amide bonds. The van der Waals surface area contributed by atoms with Crippen LogP contribution in [0.1, 0.15) is 51.5 Å². The molecule has 1 fully saturated rings. The maximum Gasteiger partial charge on any atom is 0.344 e. The topological polar surface area (TPSA) is 97.6 Å². The number of benzene rings is 1. The number of nitrogens with one attached hydrogen (secondary N) is 1. The van der Waals surface area contributed by atoms with Gasteiger partial charge in [0.1, 0.15) is 5.54 Å². The number of allylic oxidation sites excluding steroid dienone is 1. The van der Waals surface area contributed by atoms with Gasteiger partial charge < -0.3 is 19.5 Å². The molecule has 0 unspecified atom stereocenters. The first kappa shape index (κ1) is 22.3. The maximum atomic E-state index is 12.4. The predicted molar refractivity (Wildman–Crippen MR) is 108 cm³/mol. The Labute approximate surface area is 171 Å². The zero-order valence-corrected chi connectivity index (χ0v) is 17.2. The molecular weight excluding hydrogens is 372 g/mol. The summed E-state index contributed by atoms with van der Waals surface area (Å²) in [5.74, 6) is -0.259. The SMILES string of the molecule is C/C=C/c1ccc(OCC(=O)O[C@@H](C)C(=O)NC2(C#N)CCCCC2)c(OC)c1. The Morgan fingerprint density at radius 2 is 2.00 bits per heavy atom. The van der Waals surface area contributed by atoms with E-state index in [1.165, 1.54) is 14.0 Å². The molecule has 2 rings (SSSR count). The Kier molecular flexibility index (Phi) is 8.08. The molecule has 1 aromatic carbocycles. The highest BCUT2D eigenvalue weighted by Gasteiger charge is 2.35. The fourth-order valence-electron chi connectivity index (χ4n) is 3.28. The van der Waals surface area contributed by atoms with Crippen LogP contribution < -0.4 is 14.8 Å². The van der Waals surface area contributed by atoms with E-state index in [1.54, 1.807) is 12.1 Å². The number of esters is 1. The summed E-state index contributed by atoms with van der Waals surface area (Å²) in [6.45, 7) is 3.03. The van der Waals surface area contributed by atoms with Crippen molar-refractivity contribution in [3.8, 4) is 17.6 Å². The minimum absolute atomic E-state index is 0.361. The van der Waals surface area contributed by atoms with Gasteiger partial charge in [-0.3, -0.25) is 4.79 Å². The summed E-state index contributed by atoms with van der Waals surface area (Å²) in [5, 5.41) is 12.2. The second-order valence-electron chi connectivity index (χ2n) is 7.07. The number of rotatable bonds is 8. The molecule has 1 saturated carbocycles. The van der Waals surface area contributed by atoms with Crippen LogP contribution in [0.4, 0.5) is 0 Å². The fraction of sp³-hybridized carbons (Fsp3) is 0.500. The van der Waals surface area contributed by atoms with Crippen molar-refractivity contribution in [2.45, 2.75) is 57.6 Å². The van der Waals surface area contributed by atoms with Crippen LogP contribution >= 0.6 is 0 Å². The molecule has 1 aliphatic carbocycles. The van der Waals surface area contributed by atoms with Crippen molar-refractivity contribution in [2.75, 3.05) is 13.7 Å². The van der Waals surface area contributed by atoms with E-state index in [9.17, 15) is 14.9 Å². The van der Waals surface area contributed by atoms with Crippen molar-refractivity contribution < 1.29 is 23.8 Å². The van der Waals surface area contributed by atoms with Crippen LogP contribution in [0.2, 0.25) is 0 Å². The molecule has 1 atom stereocenters. The second kappa shape index (κ2) is 10.5. The zero-order chi connectivity index (χ0) is 21.3. The highest BCUT2D eigenvalue weighted by Crippen LogP contribution is 2.29. The van der Waals surface area contributed by atoms with Crippen molar-refractivity contribution >= 4 is 18.0 Å². The third kappa shape index (κ3) is 6.24. The normalized spacial score (nSPS) is 16.5. The fourth-order valence-corrected chi connectivity index (χ4v) is 3.28. The van der Waals surface area contributed by atoms with Gasteiger partial charge in [-0.2, -0.15) is 5.26 Å². The maximum absolute atomic E-state index is 12.4. The Morgan fingerprint density at radius 3 is 2.62 bits per heavy atom. The number of hydrogen-bond donors (Lipinski definition) is 1. The van der Waals surface area contributed by atoms with Crippen LogP contribution in [0.25, 0.3) is 6.08 Å². The Balaban J connectivity index is 1.88. The molecule has 0 heterocycles. The summed E-state index contributed by atoms with van der Waals surface area (Å²) < 4.78 is 15.9. The van der Waals surface area contributed by atoms with E-state index in [2.05, 4.69) is 11.4 Å². The lowest BCUT2D eigenvalue weighted by molar-refractivity contribution is -0.157. The summed E-state index contributed by atoms with van der Waals surface area (Å²) in [7, 11) is 1.52. The number of carbonyl (C=O) groups excluding carboxylic acids is 2. The molecule has 29 heavy (non-hydrogen) atoms. The molecule has 7 nitrogen and oxygen atoms in total. The Morgan fingerprint density at radius 1 is 1.28 bits per heavy atom. The first-order valence-electron chi connectivity index (χ1n) is 9.79. The minimum atomic E-state index is -1.02. The van der Waals surface area contributed by atoms with E-state index in [1.807, 2.05) is 25.1 Å². The van der Waals surface area contributed by atoms with Crippen LogP contribution in [-0.4, -0.2) is 37.2 Å². The monoisotopic (exact) mass is 400 g/mol. The van der Waals surface area contributed by atoms with Gasteiger partial charge in [-0.05, 0) is 44.4 Å². The number of methoxy groups -OCH3 is 1. The van der Waals surface area contributed by atoms with Crippen LogP contribution in [0.3, 0.4) is 0 Å². The molecular formula is C22H28N2O5. The lowest BCUT2D eigenvalue weighted by Crippen LogP contribution is -2.52. The van der Waals surface area contributed by atoms with Gasteiger partial charge in [0.25, 0.3) is 5.91 Å². The van der Waals surface area contributed by atoms with Gasteiger partial charge in [0.2, 0.25) is 0 Å². The van der Waals surface area contributed by atoms with Crippen molar-refractivity contribution in [1.29, 1.82) is 5.26 Å².